The molecule has 1 aromatic rings. The van der Waals surface area contributed by atoms with Gasteiger partial charge in [-0.1, -0.05) is 11.6 Å². The Morgan fingerprint density at radius 2 is 2.04 bits per heavy atom. The Bertz CT molecular complexity index is 619. The van der Waals surface area contributed by atoms with Crippen molar-refractivity contribution in [3.8, 4) is 5.75 Å². The number of rotatable bonds is 2. The third kappa shape index (κ3) is 3.49. The number of carbonyl (C=O) groups excluding carboxylic acids is 1. The molecule has 1 aromatic carbocycles. The van der Waals surface area contributed by atoms with Gasteiger partial charge in [-0.25, -0.2) is 4.79 Å². The van der Waals surface area contributed by atoms with E-state index in [0.29, 0.717) is 27.8 Å². The predicted octanol–water partition coefficient (Wildman–Crippen LogP) is 3.73. The third-order valence-electron chi connectivity index (χ3n) is 4.72. The van der Waals surface area contributed by atoms with E-state index in [1.54, 1.807) is 12.1 Å². The number of carbonyl (C=O) groups is 1. The second-order valence-electron chi connectivity index (χ2n) is 6.26. The zero-order valence-corrected chi connectivity index (χ0v) is 15.6. The summed E-state index contributed by atoms with van der Waals surface area (Å²) in [5.74, 6) is -0.252. The monoisotopic (exact) mass is 375 g/mol. The van der Waals surface area contributed by atoms with Crippen LogP contribution < -0.4 is 10.1 Å². The fourth-order valence-corrected chi connectivity index (χ4v) is 3.76. The molecule has 0 aliphatic carbocycles. The number of hydrogen-bond donors (Lipinski definition) is 1. The zero-order chi connectivity index (χ0) is 16.6. The van der Waals surface area contributed by atoms with Crippen molar-refractivity contribution in [2.24, 2.45) is 5.92 Å². The molecule has 0 saturated carbocycles. The Balaban J connectivity index is 0.00000208. The molecule has 2 atom stereocenters. The van der Waals surface area contributed by atoms with Crippen molar-refractivity contribution in [3.63, 3.8) is 0 Å². The van der Waals surface area contributed by atoms with Crippen molar-refractivity contribution in [2.45, 2.75) is 38.6 Å². The lowest BCUT2D eigenvalue weighted by Crippen LogP contribution is -2.50. The van der Waals surface area contributed by atoms with Crippen LogP contribution in [0.25, 0.3) is 0 Å². The Hall–Kier alpha value is -1.01. The average Bonchev–Trinajstić information content (AvgIpc) is 2.53. The molecule has 0 amide bonds. The van der Waals surface area contributed by atoms with E-state index < -0.39 is 11.8 Å². The van der Waals surface area contributed by atoms with E-state index in [2.05, 4.69) is 5.32 Å². The molecule has 0 aromatic heterocycles. The largest absolute Gasteiger partial charge is 0.465 e. The van der Waals surface area contributed by atoms with Gasteiger partial charge in [0.2, 0.25) is 5.79 Å². The van der Waals surface area contributed by atoms with Crippen LogP contribution in [0.1, 0.15) is 48.7 Å². The van der Waals surface area contributed by atoms with Crippen LogP contribution in [0.2, 0.25) is 5.02 Å². The molecule has 7 heteroatoms. The molecule has 2 aliphatic heterocycles. The minimum Gasteiger partial charge on any atom is -0.465 e. The molecule has 1 fully saturated rings. The van der Waals surface area contributed by atoms with Gasteiger partial charge in [-0.2, -0.15) is 0 Å². The lowest BCUT2D eigenvalue weighted by molar-refractivity contribution is -0.248. The SMILES string of the molecule is COC(=O)c1cc(Cl)cc2c1C(C)OC(C)(C1CCNCC1)O2.Cl. The molecule has 0 bridgehead atoms. The number of benzene rings is 1. The summed E-state index contributed by atoms with van der Waals surface area (Å²) >= 11 is 6.17. The Kier molecular flexibility index (Phi) is 6.02. The summed E-state index contributed by atoms with van der Waals surface area (Å²) in [5, 5.41) is 3.80. The molecule has 134 valence electrons. The maximum Gasteiger partial charge on any atom is 0.338 e. The van der Waals surface area contributed by atoms with Gasteiger partial charge in [0.15, 0.2) is 0 Å². The number of piperidine rings is 1. The highest BCUT2D eigenvalue weighted by atomic mass is 35.5. The maximum absolute atomic E-state index is 12.0. The molecule has 3 rings (SSSR count). The highest BCUT2D eigenvalue weighted by molar-refractivity contribution is 6.31. The van der Waals surface area contributed by atoms with E-state index in [9.17, 15) is 4.79 Å². The van der Waals surface area contributed by atoms with Crippen LogP contribution in [0.3, 0.4) is 0 Å². The van der Waals surface area contributed by atoms with Crippen molar-refractivity contribution in [3.05, 3.63) is 28.3 Å². The molecule has 2 aliphatic rings. The first-order valence-electron chi connectivity index (χ1n) is 7.94. The summed E-state index contributed by atoms with van der Waals surface area (Å²) in [6.45, 7) is 5.82. The molecule has 1 N–H and O–H groups in total. The van der Waals surface area contributed by atoms with Gasteiger partial charge in [-0.05, 0) is 45.0 Å². The van der Waals surface area contributed by atoms with E-state index in [4.69, 9.17) is 25.8 Å². The third-order valence-corrected chi connectivity index (χ3v) is 4.94. The van der Waals surface area contributed by atoms with Gasteiger partial charge in [-0.3, -0.25) is 0 Å². The fourth-order valence-electron chi connectivity index (χ4n) is 3.55. The number of methoxy groups -OCH3 is 1. The molecule has 2 heterocycles. The van der Waals surface area contributed by atoms with Crippen molar-refractivity contribution >= 4 is 30.0 Å². The quantitative estimate of drug-likeness (QED) is 0.797. The number of esters is 1. The topological polar surface area (TPSA) is 56.8 Å². The van der Waals surface area contributed by atoms with Gasteiger partial charge in [0.25, 0.3) is 0 Å². The molecule has 1 saturated heterocycles. The zero-order valence-electron chi connectivity index (χ0n) is 14.1. The first-order chi connectivity index (χ1) is 10.9. The van der Waals surface area contributed by atoms with Crippen LogP contribution in [-0.4, -0.2) is 32.0 Å². The first-order valence-corrected chi connectivity index (χ1v) is 8.31. The summed E-state index contributed by atoms with van der Waals surface area (Å²) in [4.78, 5) is 12.0. The van der Waals surface area contributed by atoms with Crippen LogP contribution in [-0.2, 0) is 9.47 Å². The summed E-state index contributed by atoms with van der Waals surface area (Å²) in [7, 11) is 1.35. The molecule has 24 heavy (non-hydrogen) atoms. The van der Waals surface area contributed by atoms with Crippen molar-refractivity contribution in [1.82, 2.24) is 5.32 Å². The molecule has 0 spiro atoms. The Labute approximate surface area is 153 Å². The second-order valence-corrected chi connectivity index (χ2v) is 6.70. The molecular formula is C17H23Cl2NO4. The van der Waals surface area contributed by atoms with E-state index in [0.717, 1.165) is 25.9 Å². The predicted molar refractivity (Wildman–Crippen MR) is 94.2 cm³/mol. The molecular weight excluding hydrogens is 353 g/mol. The highest BCUT2D eigenvalue weighted by Gasteiger charge is 2.44. The van der Waals surface area contributed by atoms with E-state index in [-0.39, 0.29) is 18.5 Å². The van der Waals surface area contributed by atoms with Crippen LogP contribution >= 0.6 is 24.0 Å². The minimum atomic E-state index is -0.716. The normalized spacial score (nSPS) is 26.8. The number of ether oxygens (including phenoxy) is 3. The number of nitrogens with one attached hydrogen (secondary N) is 1. The van der Waals surface area contributed by atoms with Crippen LogP contribution in [0, 0.1) is 5.92 Å². The lowest BCUT2D eigenvalue weighted by atomic mass is 9.88. The van der Waals surface area contributed by atoms with Crippen molar-refractivity contribution < 1.29 is 19.0 Å². The van der Waals surface area contributed by atoms with Crippen molar-refractivity contribution in [1.29, 1.82) is 0 Å². The molecule has 5 nitrogen and oxygen atoms in total. The second kappa shape index (κ2) is 7.48. The van der Waals surface area contributed by atoms with E-state index >= 15 is 0 Å². The van der Waals surface area contributed by atoms with E-state index in [1.165, 1.54) is 7.11 Å². The number of fused-ring (bicyclic) bond motifs is 1. The van der Waals surface area contributed by atoms with E-state index in [1.807, 2.05) is 13.8 Å². The van der Waals surface area contributed by atoms with Gasteiger partial charge in [0.05, 0.1) is 18.8 Å². The van der Waals surface area contributed by atoms with Gasteiger partial charge in [-0.15, -0.1) is 12.4 Å². The summed E-state index contributed by atoms with van der Waals surface area (Å²) in [5.41, 5.74) is 1.10. The summed E-state index contributed by atoms with van der Waals surface area (Å²) < 4.78 is 17.3. The lowest BCUT2D eigenvalue weighted by Gasteiger charge is -2.45. The highest BCUT2D eigenvalue weighted by Crippen LogP contribution is 2.46. The minimum absolute atomic E-state index is 0. The van der Waals surface area contributed by atoms with Gasteiger partial charge in [0, 0.05) is 23.4 Å². The molecule has 0 radical (unpaired) electrons. The summed E-state index contributed by atoms with van der Waals surface area (Å²) in [6, 6.07) is 3.35. The number of hydrogen-bond acceptors (Lipinski definition) is 5. The molecule has 2 unspecified atom stereocenters. The van der Waals surface area contributed by atoms with Gasteiger partial charge < -0.3 is 19.5 Å². The van der Waals surface area contributed by atoms with Crippen LogP contribution in [0.15, 0.2) is 12.1 Å². The first kappa shape index (κ1) is 19.3. The number of halogens is 2. The van der Waals surface area contributed by atoms with Crippen LogP contribution in [0.4, 0.5) is 0 Å². The van der Waals surface area contributed by atoms with Gasteiger partial charge in [0.1, 0.15) is 5.75 Å². The Morgan fingerprint density at radius 3 is 2.67 bits per heavy atom. The smallest absolute Gasteiger partial charge is 0.338 e. The summed E-state index contributed by atoms with van der Waals surface area (Å²) in [6.07, 6.45) is 1.70. The van der Waals surface area contributed by atoms with Crippen molar-refractivity contribution in [2.75, 3.05) is 20.2 Å². The standard InChI is InChI=1S/C17H22ClNO4.ClH/c1-10-15-13(16(20)21-3)8-12(18)9-14(15)23-17(2,22-10)11-4-6-19-7-5-11;/h8-11,19H,4-7H2,1-3H3;1H. The fraction of sp³-hybridized carbons (Fsp3) is 0.588. The Morgan fingerprint density at radius 1 is 1.38 bits per heavy atom. The van der Waals surface area contributed by atoms with Gasteiger partial charge >= 0.3 is 5.97 Å². The average molecular weight is 376 g/mol. The maximum atomic E-state index is 12.0. The van der Waals surface area contributed by atoms with Crippen LogP contribution in [0.5, 0.6) is 5.75 Å².